The fraction of sp³-hybridized carbons (Fsp3) is 0.357. The van der Waals surface area contributed by atoms with E-state index in [0.717, 1.165) is 15.6 Å². The molecule has 0 unspecified atom stereocenters. The van der Waals surface area contributed by atoms with Crippen molar-refractivity contribution in [2.75, 3.05) is 0 Å². The van der Waals surface area contributed by atoms with Crippen molar-refractivity contribution in [3.63, 3.8) is 0 Å². The average molecular weight is 380 g/mol. The van der Waals surface area contributed by atoms with Gasteiger partial charge in [-0.3, -0.25) is 4.98 Å². The van der Waals surface area contributed by atoms with E-state index in [9.17, 15) is 0 Å². The summed E-state index contributed by atoms with van der Waals surface area (Å²) < 4.78 is 0.740. The van der Waals surface area contributed by atoms with Crippen molar-refractivity contribution >= 4 is 61.6 Å². The summed E-state index contributed by atoms with van der Waals surface area (Å²) in [7, 11) is 0. The molecule has 0 spiro atoms. The number of pyridine rings is 1. The molecule has 1 saturated carbocycles. The van der Waals surface area contributed by atoms with Crippen LogP contribution in [0.1, 0.15) is 37.3 Å². The molecule has 2 aromatic rings. The second-order valence-electron chi connectivity index (χ2n) is 4.89. The first-order valence-electron chi connectivity index (χ1n) is 6.21. The fourth-order valence-corrected chi connectivity index (χ4v) is 3.86. The standard InChI is InChI=1S/C14H11BrCl3N/c15-9-5-8-10(16)6-11(7-3-1-2-4-7)19-14(8)13(18)12(9)17/h5-7H,1-4H2. The number of aromatic nitrogens is 1. The minimum Gasteiger partial charge on any atom is -0.251 e. The highest BCUT2D eigenvalue weighted by molar-refractivity contribution is 9.10. The molecule has 0 aliphatic heterocycles. The van der Waals surface area contributed by atoms with Crippen molar-refractivity contribution < 1.29 is 0 Å². The van der Waals surface area contributed by atoms with E-state index in [-0.39, 0.29) is 0 Å². The Hall–Kier alpha value is -0.0200. The van der Waals surface area contributed by atoms with Gasteiger partial charge in [0.2, 0.25) is 0 Å². The summed E-state index contributed by atoms with van der Waals surface area (Å²) in [5.41, 5.74) is 1.74. The van der Waals surface area contributed by atoms with Gasteiger partial charge in [-0.25, -0.2) is 0 Å². The highest BCUT2D eigenvalue weighted by Gasteiger charge is 2.21. The van der Waals surface area contributed by atoms with E-state index >= 15 is 0 Å². The zero-order chi connectivity index (χ0) is 13.6. The molecule has 1 fully saturated rings. The van der Waals surface area contributed by atoms with Crippen molar-refractivity contribution in [1.82, 2.24) is 4.98 Å². The van der Waals surface area contributed by atoms with Gasteiger partial charge in [0.15, 0.2) is 0 Å². The lowest BCUT2D eigenvalue weighted by Gasteiger charge is -2.13. The molecule has 0 atom stereocenters. The molecule has 1 heterocycles. The monoisotopic (exact) mass is 377 g/mol. The molecule has 1 aliphatic rings. The molecule has 1 aliphatic carbocycles. The molecule has 19 heavy (non-hydrogen) atoms. The van der Waals surface area contributed by atoms with Crippen LogP contribution in [0.25, 0.3) is 10.9 Å². The first-order valence-corrected chi connectivity index (χ1v) is 8.14. The smallest absolute Gasteiger partial charge is 0.0922 e. The number of fused-ring (bicyclic) bond motifs is 1. The molecule has 1 nitrogen and oxygen atoms in total. The lowest BCUT2D eigenvalue weighted by Crippen LogP contribution is -1.98. The Labute approximate surface area is 135 Å². The molecule has 0 bridgehead atoms. The first kappa shape index (κ1) is 13.9. The summed E-state index contributed by atoms with van der Waals surface area (Å²) in [5, 5.41) is 2.48. The van der Waals surface area contributed by atoms with Crippen LogP contribution in [0.5, 0.6) is 0 Å². The highest BCUT2D eigenvalue weighted by atomic mass is 79.9. The molecule has 100 valence electrons. The highest BCUT2D eigenvalue weighted by Crippen LogP contribution is 2.41. The number of rotatable bonds is 1. The van der Waals surface area contributed by atoms with Gasteiger partial charge in [-0.1, -0.05) is 47.6 Å². The summed E-state index contributed by atoms with van der Waals surface area (Å²) in [6.45, 7) is 0. The van der Waals surface area contributed by atoms with Gasteiger partial charge in [0.1, 0.15) is 0 Å². The summed E-state index contributed by atoms with van der Waals surface area (Å²) in [6, 6.07) is 3.84. The molecule has 0 radical (unpaired) electrons. The molecule has 0 N–H and O–H groups in total. The molecule has 1 aromatic heterocycles. The van der Waals surface area contributed by atoms with Crippen molar-refractivity contribution in [3.8, 4) is 0 Å². The van der Waals surface area contributed by atoms with Gasteiger partial charge in [0, 0.05) is 21.5 Å². The van der Waals surface area contributed by atoms with E-state index in [1.165, 1.54) is 25.7 Å². The Morgan fingerprint density at radius 1 is 1.05 bits per heavy atom. The van der Waals surface area contributed by atoms with Crippen LogP contribution in [0, 0.1) is 0 Å². The maximum Gasteiger partial charge on any atom is 0.0922 e. The van der Waals surface area contributed by atoms with Crippen LogP contribution in [0.15, 0.2) is 16.6 Å². The van der Waals surface area contributed by atoms with Crippen molar-refractivity contribution in [1.29, 1.82) is 0 Å². The van der Waals surface area contributed by atoms with Crippen molar-refractivity contribution in [3.05, 3.63) is 37.4 Å². The van der Waals surface area contributed by atoms with Crippen LogP contribution in [0.4, 0.5) is 0 Å². The quantitative estimate of drug-likeness (QED) is 0.508. The third-order valence-corrected chi connectivity index (χ3v) is 5.71. The SMILES string of the molecule is Clc1c(Br)cc2c(Cl)cc(C3CCCC3)nc2c1Cl. The fourth-order valence-electron chi connectivity index (χ4n) is 2.68. The number of hydrogen-bond acceptors (Lipinski definition) is 1. The van der Waals surface area contributed by atoms with E-state index in [4.69, 9.17) is 39.8 Å². The van der Waals surface area contributed by atoms with Gasteiger partial charge in [0.05, 0.1) is 20.6 Å². The summed E-state index contributed by atoms with van der Waals surface area (Å²) in [4.78, 5) is 4.70. The van der Waals surface area contributed by atoms with E-state index in [2.05, 4.69) is 15.9 Å². The minimum absolute atomic E-state index is 0.466. The maximum absolute atomic E-state index is 6.37. The minimum atomic E-state index is 0.466. The van der Waals surface area contributed by atoms with Crippen LogP contribution >= 0.6 is 50.7 Å². The Morgan fingerprint density at radius 2 is 1.74 bits per heavy atom. The van der Waals surface area contributed by atoms with Crippen LogP contribution < -0.4 is 0 Å². The third-order valence-electron chi connectivity index (χ3n) is 3.68. The summed E-state index contributed by atoms with van der Waals surface area (Å²) >= 11 is 22.2. The molecular formula is C14H11BrCl3N. The van der Waals surface area contributed by atoms with Crippen molar-refractivity contribution in [2.24, 2.45) is 0 Å². The predicted octanol–water partition coefficient (Wildman–Crippen LogP) is 6.62. The first-order chi connectivity index (χ1) is 9.08. The Balaban J connectivity index is 2.24. The Morgan fingerprint density at radius 3 is 2.42 bits per heavy atom. The van der Waals surface area contributed by atoms with Crippen LogP contribution in [-0.4, -0.2) is 4.98 Å². The van der Waals surface area contributed by atoms with Gasteiger partial charge < -0.3 is 0 Å². The second-order valence-corrected chi connectivity index (χ2v) is 6.91. The Kier molecular flexibility index (Phi) is 3.96. The average Bonchev–Trinajstić information content (AvgIpc) is 2.91. The summed E-state index contributed by atoms with van der Waals surface area (Å²) in [5.74, 6) is 0.500. The van der Waals surface area contributed by atoms with Gasteiger partial charge >= 0.3 is 0 Å². The normalized spacial score (nSPS) is 16.4. The molecule has 5 heteroatoms. The zero-order valence-electron chi connectivity index (χ0n) is 10.0. The van der Waals surface area contributed by atoms with Gasteiger partial charge in [-0.15, -0.1) is 0 Å². The largest absolute Gasteiger partial charge is 0.251 e. The second kappa shape index (κ2) is 5.40. The lowest BCUT2D eigenvalue weighted by molar-refractivity contribution is 0.701. The van der Waals surface area contributed by atoms with Gasteiger partial charge in [0.25, 0.3) is 0 Å². The zero-order valence-corrected chi connectivity index (χ0v) is 13.9. The Bertz CT molecular complexity index is 651. The third kappa shape index (κ3) is 2.49. The maximum atomic E-state index is 6.37. The molecule has 1 aromatic carbocycles. The number of benzene rings is 1. The number of nitrogens with zero attached hydrogens (tertiary/aromatic N) is 1. The number of halogens is 4. The summed E-state index contributed by atoms with van der Waals surface area (Å²) in [6.07, 6.45) is 4.88. The number of hydrogen-bond donors (Lipinski definition) is 0. The molecule has 0 saturated heterocycles. The van der Waals surface area contributed by atoms with Gasteiger partial charge in [-0.05, 0) is 40.9 Å². The van der Waals surface area contributed by atoms with Gasteiger partial charge in [-0.2, -0.15) is 0 Å². The lowest BCUT2D eigenvalue weighted by atomic mass is 10.0. The molecule has 3 rings (SSSR count). The van der Waals surface area contributed by atoms with E-state index in [1.807, 2.05) is 12.1 Å². The van der Waals surface area contributed by atoms with E-state index in [0.29, 0.717) is 26.5 Å². The van der Waals surface area contributed by atoms with E-state index in [1.54, 1.807) is 0 Å². The van der Waals surface area contributed by atoms with Crippen LogP contribution in [-0.2, 0) is 0 Å². The van der Waals surface area contributed by atoms with Crippen molar-refractivity contribution in [2.45, 2.75) is 31.6 Å². The molecule has 0 amide bonds. The van der Waals surface area contributed by atoms with Crippen LogP contribution in [0.2, 0.25) is 15.1 Å². The topological polar surface area (TPSA) is 12.9 Å². The molecular weight excluding hydrogens is 368 g/mol. The van der Waals surface area contributed by atoms with Crippen LogP contribution in [0.3, 0.4) is 0 Å². The van der Waals surface area contributed by atoms with E-state index < -0.39 is 0 Å². The predicted molar refractivity (Wildman–Crippen MR) is 85.7 cm³/mol.